The van der Waals surface area contributed by atoms with Crippen LogP contribution in [0.3, 0.4) is 0 Å². The maximum absolute atomic E-state index is 5.73. The highest BCUT2D eigenvalue weighted by Crippen LogP contribution is 2.69. The van der Waals surface area contributed by atoms with E-state index < -0.39 is 0 Å². The molecule has 0 bridgehead atoms. The molecule has 1 aromatic heterocycles. The van der Waals surface area contributed by atoms with Crippen molar-refractivity contribution in [1.82, 2.24) is 0 Å². The average Bonchev–Trinajstić information content (AvgIpc) is 2.94. The van der Waals surface area contributed by atoms with Crippen molar-refractivity contribution in [3.8, 4) is 0 Å². The van der Waals surface area contributed by atoms with E-state index >= 15 is 0 Å². The summed E-state index contributed by atoms with van der Waals surface area (Å²) in [6, 6.07) is 0. The molecular formula is C15H18O. The standard InChI is InChI=1S/C15H18O/c1-8-7-16-14-6-15(3)12(4-10(8)14)9(2)11-5-13(11)15/h7,11-13H,2,4-6H2,1,3H3/t11-,12+,13-,15-/m1/s1. The van der Waals surface area contributed by atoms with Gasteiger partial charge in [0.1, 0.15) is 5.76 Å². The zero-order valence-corrected chi connectivity index (χ0v) is 10.0. The van der Waals surface area contributed by atoms with Crippen LogP contribution in [-0.2, 0) is 12.8 Å². The molecule has 0 aromatic carbocycles. The number of hydrogen-bond acceptors (Lipinski definition) is 1. The Morgan fingerprint density at radius 1 is 1.50 bits per heavy atom. The van der Waals surface area contributed by atoms with Crippen molar-refractivity contribution in [1.29, 1.82) is 0 Å². The Morgan fingerprint density at radius 2 is 2.31 bits per heavy atom. The van der Waals surface area contributed by atoms with Gasteiger partial charge in [0.2, 0.25) is 0 Å². The highest BCUT2D eigenvalue weighted by molar-refractivity contribution is 5.40. The lowest BCUT2D eigenvalue weighted by Gasteiger charge is -2.38. The number of hydrogen-bond donors (Lipinski definition) is 0. The summed E-state index contributed by atoms with van der Waals surface area (Å²) in [6.45, 7) is 8.99. The lowest BCUT2D eigenvalue weighted by molar-refractivity contribution is 0.174. The molecule has 3 aliphatic rings. The van der Waals surface area contributed by atoms with E-state index in [0.29, 0.717) is 5.41 Å². The van der Waals surface area contributed by atoms with Gasteiger partial charge in [0.25, 0.3) is 0 Å². The quantitative estimate of drug-likeness (QED) is 0.602. The van der Waals surface area contributed by atoms with Crippen LogP contribution in [0.1, 0.15) is 30.2 Å². The van der Waals surface area contributed by atoms with E-state index in [2.05, 4.69) is 20.4 Å². The second kappa shape index (κ2) is 2.47. The molecule has 3 aliphatic carbocycles. The molecule has 1 aromatic rings. The number of fused-ring (bicyclic) bond motifs is 4. The van der Waals surface area contributed by atoms with E-state index in [-0.39, 0.29) is 0 Å². The normalized spacial score (nSPS) is 43.9. The molecule has 0 radical (unpaired) electrons. The maximum atomic E-state index is 5.73. The van der Waals surface area contributed by atoms with Crippen molar-refractivity contribution in [2.45, 2.75) is 33.1 Å². The molecule has 0 unspecified atom stereocenters. The first-order chi connectivity index (χ1) is 7.61. The Bertz CT molecular complexity index is 496. The highest BCUT2D eigenvalue weighted by Gasteiger charge is 2.63. The van der Waals surface area contributed by atoms with Gasteiger partial charge >= 0.3 is 0 Å². The third-order valence-corrected chi connectivity index (χ3v) is 5.50. The molecule has 16 heavy (non-hydrogen) atoms. The van der Waals surface area contributed by atoms with Gasteiger partial charge in [-0.1, -0.05) is 19.1 Å². The van der Waals surface area contributed by atoms with Gasteiger partial charge in [0, 0.05) is 6.42 Å². The molecule has 0 saturated heterocycles. The molecule has 0 spiro atoms. The van der Waals surface area contributed by atoms with Crippen molar-refractivity contribution in [3.05, 3.63) is 35.3 Å². The van der Waals surface area contributed by atoms with Crippen LogP contribution >= 0.6 is 0 Å². The average molecular weight is 214 g/mol. The molecule has 84 valence electrons. The van der Waals surface area contributed by atoms with Gasteiger partial charge < -0.3 is 4.42 Å². The van der Waals surface area contributed by atoms with Gasteiger partial charge in [0.05, 0.1) is 6.26 Å². The molecule has 1 nitrogen and oxygen atoms in total. The molecule has 0 N–H and O–H groups in total. The summed E-state index contributed by atoms with van der Waals surface area (Å²) in [5.41, 5.74) is 4.81. The maximum Gasteiger partial charge on any atom is 0.107 e. The number of aryl methyl sites for hydroxylation is 1. The molecule has 0 aliphatic heterocycles. The third-order valence-electron chi connectivity index (χ3n) is 5.50. The number of rotatable bonds is 0. The minimum Gasteiger partial charge on any atom is -0.469 e. The van der Waals surface area contributed by atoms with E-state index in [1.165, 1.54) is 29.7 Å². The van der Waals surface area contributed by atoms with Gasteiger partial charge in [-0.05, 0) is 54.1 Å². The van der Waals surface area contributed by atoms with Crippen LogP contribution in [0.15, 0.2) is 22.8 Å². The van der Waals surface area contributed by atoms with Gasteiger partial charge in [-0.2, -0.15) is 0 Å². The summed E-state index contributed by atoms with van der Waals surface area (Å²) in [5.74, 6) is 3.74. The fourth-order valence-electron chi connectivity index (χ4n) is 4.39. The van der Waals surface area contributed by atoms with E-state index in [0.717, 1.165) is 24.2 Å². The van der Waals surface area contributed by atoms with E-state index in [9.17, 15) is 0 Å². The summed E-state index contributed by atoms with van der Waals surface area (Å²) >= 11 is 0. The number of allylic oxidation sites excluding steroid dienone is 1. The smallest absolute Gasteiger partial charge is 0.107 e. The van der Waals surface area contributed by atoms with Crippen molar-refractivity contribution in [3.63, 3.8) is 0 Å². The zero-order chi connectivity index (χ0) is 11.1. The predicted octanol–water partition coefficient (Wildman–Crippen LogP) is 3.52. The first kappa shape index (κ1) is 9.09. The van der Waals surface area contributed by atoms with Crippen molar-refractivity contribution in [2.75, 3.05) is 0 Å². The molecular weight excluding hydrogens is 196 g/mol. The van der Waals surface area contributed by atoms with Gasteiger partial charge in [0.15, 0.2) is 0 Å². The molecule has 1 heterocycles. The first-order valence-electron chi connectivity index (χ1n) is 6.36. The van der Waals surface area contributed by atoms with E-state index in [4.69, 9.17) is 4.42 Å². The summed E-state index contributed by atoms with van der Waals surface area (Å²) in [6.07, 6.45) is 5.64. The van der Waals surface area contributed by atoms with Crippen LogP contribution < -0.4 is 0 Å². The van der Waals surface area contributed by atoms with Gasteiger partial charge in [-0.3, -0.25) is 0 Å². The first-order valence-corrected chi connectivity index (χ1v) is 6.36. The Balaban J connectivity index is 1.84. The summed E-state index contributed by atoms with van der Waals surface area (Å²) in [7, 11) is 0. The lowest BCUT2D eigenvalue weighted by atomic mass is 9.65. The Morgan fingerprint density at radius 3 is 3.12 bits per heavy atom. The minimum absolute atomic E-state index is 0.457. The predicted molar refractivity (Wildman–Crippen MR) is 63.2 cm³/mol. The van der Waals surface area contributed by atoms with E-state index in [1.807, 2.05) is 6.26 Å². The topological polar surface area (TPSA) is 13.1 Å². The highest BCUT2D eigenvalue weighted by atomic mass is 16.3. The second-order valence-electron chi connectivity index (χ2n) is 6.28. The fourth-order valence-corrected chi connectivity index (χ4v) is 4.39. The largest absolute Gasteiger partial charge is 0.469 e. The molecule has 1 heteroatoms. The molecule has 4 rings (SSSR count). The van der Waals surface area contributed by atoms with Gasteiger partial charge in [-0.25, -0.2) is 0 Å². The van der Waals surface area contributed by atoms with Crippen molar-refractivity contribution in [2.24, 2.45) is 23.2 Å². The monoisotopic (exact) mass is 214 g/mol. The van der Waals surface area contributed by atoms with Gasteiger partial charge in [-0.15, -0.1) is 0 Å². The molecule has 0 amide bonds. The SMILES string of the molecule is C=C1[C@H]2C[C@H]2[C@]2(C)Cc3occ(C)c3C[C@@H]12. The van der Waals surface area contributed by atoms with Crippen LogP contribution in [0.5, 0.6) is 0 Å². The Kier molecular flexibility index (Phi) is 1.40. The summed E-state index contributed by atoms with van der Waals surface area (Å²) in [4.78, 5) is 0. The van der Waals surface area contributed by atoms with Crippen LogP contribution in [0, 0.1) is 30.1 Å². The van der Waals surface area contributed by atoms with Crippen molar-refractivity contribution >= 4 is 0 Å². The van der Waals surface area contributed by atoms with Crippen LogP contribution in [0.4, 0.5) is 0 Å². The molecule has 2 saturated carbocycles. The second-order valence-corrected chi connectivity index (χ2v) is 6.28. The van der Waals surface area contributed by atoms with Crippen molar-refractivity contribution < 1.29 is 4.42 Å². The minimum atomic E-state index is 0.457. The third kappa shape index (κ3) is 0.851. The summed E-state index contributed by atoms with van der Waals surface area (Å²) < 4.78 is 5.73. The van der Waals surface area contributed by atoms with Crippen LogP contribution in [0.2, 0.25) is 0 Å². The van der Waals surface area contributed by atoms with E-state index in [1.54, 1.807) is 5.57 Å². The van der Waals surface area contributed by atoms with Crippen LogP contribution in [-0.4, -0.2) is 0 Å². The summed E-state index contributed by atoms with van der Waals surface area (Å²) in [5, 5.41) is 0. The molecule has 4 atom stereocenters. The van der Waals surface area contributed by atoms with Crippen LogP contribution in [0.25, 0.3) is 0 Å². The molecule has 2 fully saturated rings. The lowest BCUT2D eigenvalue weighted by Crippen LogP contribution is -2.34. The Hall–Kier alpha value is -0.980. The Labute approximate surface area is 96.5 Å². The zero-order valence-electron chi connectivity index (χ0n) is 10.0. The fraction of sp³-hybridized carbons (Fsp3) is 0.600. The number of furan rings is 1.